The minimum Gasteiger partial charge on any atom is -0.393 e. The number of allylic oxidation sites excluding steroid dienone is 1. The molecule has 0 heterocycles. The lowest BCUT2D eigenvalue weighted by Gasteiger charge is -2.73. The molecule has 0 spiro atoms. The van der Waals surface area contributed by atoms with Crippen molar-refractivity contribution in [3.63, 3.8) is 0 Å². The average Bonchev–Trinajstić information content (AvgIpc) is 3.04. The van der Waals surface area contributed by atoms with Crippen molar-refractivity contribution in [3.8, 4) is 0 Å². The third-order valence-corrected chi connectivity index (χ3v) is 13.5. The molecule has 1 nitrogen and oxygen atoms in total. The number of hydrogen-bond donors (Lipinski definition) is 1. The highest BCUT2D eigenvalue weighted by molar-refractivity contribution is 5.21. The fourth-order valence-corrected chi connectivity index (χ4v) is 11.5. The first-order chi connectivity index (χ1) is 14.3. The quantitative estimate of drug-likeness (QED) is 0.421. The predicted molar refractivity (Wildman–Crippen MR) is 131 cm³/mol. The standard InChI is InChI=1S/C30H50O/c1-19(2)20-11-14-27(5)17-18-29(7)21(25(20)27)9-10-23-28(6)15-13-24(31)26(3,4)22(28)12-16-30(23,29)8/h20-25,31H,1,9-18H2,2-8H3/t20-,21+,22-,23+,24-,25+,27-,28-,29-,30-/m0/s1. The van der Waals surface area contributed by atoms with Crippen molar-refractivity contribution < 1.29 is 5.11 Å². The summed E-state index contributed by atoms with van der Waals surface area (Å²) in [7, 11) is 0. The Balaban J connectivity index is 1.54. The molecular formula is C30H50O. The van der Waals surface area contributed by atoms with Crippen molar-refractivity contribution in [3.05, 3.63) is 12.2 Å². The molecule has 5 aliphatic rings. The number of rotatable bonds is 1. The molecule has 0 aromatic rings. The van der Waals surface area contributed by atoms with Crippen LogP contribution in [-0.2, 0) is 0 Å². The van der Waals surface area contributed by atoms with E-state index in [4.69, 9.17) is 0 Å². The molecule has 1 heteroatoms. The summed E-state index contributed by atoms with van der Waals surface area (Å²) in [5, 5.41) is 10.9. The van der Waals surface area contributed by atoms with E-state index < -0.39 is 0 Å². The molecule has 1 N–H and O–H groups in total. The Labute approximate surface area is 192 Å². The van der Waals surface area contributed by atoms with Gasteiger partial charge in [0.05, 0.1) is 6.10 Å². The largest absolute Gasteiger partial charge is 0.393 e. The topological polar surface area (TPSA) is 20.2 Å². The summed E-state index contributed by atoms with van der Waals surface area (Å²) in [6, 6.07) is 0. The Morgan fingerprint density at radius 3 is 2.13 bits per heavy atom. The molecule has 0 bridgehead atoms. The molecule has 31 heavy (non-hydrogen) atoms. The SMILES string of the molecule is C=C(C)[C@@H]1CC[C@@]2(C)CC[C@@]3(C)[C@H](CC[C@@H]4[C@@]5(C)CC[C@H](O)C(C)(C)[C@@H]5CC[C@@]43C)[C@@H]12. The van der Waals surface area contributed by atoms with Gasteiger partial charge in [0.15, 0.2) is 0 Å². The van der Waals surface area contributed by atoms with E-state index >= 15 is 0 Å². The fourth-order valence-electron chi connectivity index (χ4n) is 11.5. The first kappa shape index (κ1) is 22.5. The van der Waals surface area contributed by atoms with E-state index in [0.717, 1.165) is 30.1 Å². The van der Waals surface area contributed by atoms with E-state index in [0.29, 0.717) is 27.6 Å². The Bertz CT molecular complexity index is 766. The van der Waals surface area contributed by atoms with Crippen LogP contribution in [0.5, 0.6) is 0 Å². The highest BCUT2D eigenvalue weighted by atomic mass is 16.3. The zero-order valence-corrected chi connectivity index (χ0v) is 21.7. The van der Waals surface area contributed by atoms with Crippen LogP contribution in [0.15, 0.2) is 12.2 Å². The van der Waals surface area contributed by atoms with Gasteiger partial charge in [0.2, 0.25) is 0 Å². The molecule has 0 unspecified atom stereocenters. The zero-order valence-electron chi connectivity index (χ0n) is 21.7. The van der Waals surface area contributed by atoms with Gasteiger partial charge in [-0.3, -0.25) is 0 Å². The molecule has 176 valence electrons. The highest BCUT2D eigenvalue weighted by Crippen LogP contribution is 2.77. The Morgan fingerprint density at radius 1 is 0.742 bits per heavy atom. The number of hydrogen-bond acceptors (Lipinski definition) is 1. The predicted octanol–water partition coefficient (Wildman–Crippen LogP) is 8.02. The molecule has 0 saturated heterocycles. The van der Waals surface area contributed by atoms with Gasteiger partial charge in [0.25, 0.3) is 0 Å². The molecule has 5 fully saturated rings. The van der Waals surface area contributed by atoms with E-state index in [-0.39, 0.29) is 11.5 Å². The molecule has 5 saturated carbocycles. The minimum absolute atomic E-state index is 0.0632. The van der Waals surface area contributed by atoms with Crippen molar-refractivity contribution in [1.29, 1.82) is 0 Å². The fraction of sp³-hybridized carbons (Fsp3) is 0.933. The monoisotopic (exact) mass is 426 g/mol. The van der Waals surface area contributed by atoms with E-state index in [2.05, 4.69) is 55.0 Å². The maximum Gasteiger partial charge on any atom is 0.0594 e. The number of fused-ring (bicyclic) bond motifs is 7. The lowest BCUT2D eigenvalue weighted by molar-refractivity contribution is -0.246. The van der Waals surface area contributed by atoms with Crippen molar-refractivity contribution in [2.75, 3.05) is 0 Å². The molecule has 0 radical (unpaired) electrons. The van der Waals surface area contributed by atoms with Gasteiger partial charge >= 0.3 is 0 Å². The lowest BCUT2D eigenvalue weighted by atomic mass is 9.32. The van der Waals surface area contributed by atoms with Gasteiger partial charge in [-0.2, -0.15) is 0 Å². The summed E-state index contributed by atoms with van der Waals surface area (Å²) in [5.74, 6) is 3.98. The first-order valence-electron chi connectivity index (χ1n) is 13.6. The second-order valence-corrected chi connectivity index (χ2v) is 14.7. The van der Waals surface area contributed by atoms with Crippen LogP contribution in [0, 0.1) is 56.7 Å². The van der Waals surface area contributed by atoms with Crippen LogP contribution in [-0.4, -0.2) is 11.2 Å². The van der Waals surface area contributed by atoms with Crippen LogP contribution in [0.25, 0.3) is 0 Å². The van der Waals surface area contributed by atoms with Crippen LogP contribution in [0.1, 0.15) is 113 Å². The molecule has 0 amide bonds. The van der Waals surface area contributed by atoms with E-state index in [1.807, 2.05) is 0 Å². The number of aliphatic hydroxyl groups is 1. The second kappa shape index (κ2) is 6.64. The van der Waals surface area contributed by atoms with Crippen LogP contribution < -0.4 is 0 Å². The lowest BCUT2D eigenvalue weighted by Crippen LogP contribution is -2.66. The second-order valence-electron chi connectivity index (χ2n) is 14.7. The van der Waals surface area contributed by atoms with Crippen LogP contribution in [0.2, 0.25) is 0 Å². The number of aliphatic hydroxyl groups excluding tert-OH is 1. The molecular weight excluding hydrogens is 376 g/mol. The molecule has 0 aromatic heterocycles. The molecule has 5 aliphatic carbocycles. The first-order valence-corrected chi connectivity index (χ1v) is 13.6. The summed E-state index contributed by atoms with van der Waals surface area (Å²) in [4.78, 5) is 0. The molecule has 0 aromatic carbocycles. The van der Waals surface area contributed by atoms with Crippen molar-refractivity contribution in [2.45, 2.75) is 119 Å². The van der Waals surface area contributed by atoms with Crippen molar-refractivity contribution in [1.82, 2.24) is 0 Å². The van der Waals surface area contributed by atoms with Gasteiger partial charge in [0.1, 0.15) is 0 Å². The molecule has 0 aliphatic heterocycles. The zero-order chi connectivity index (χ0) is 22.6. The third-order valence-electron chi connectivity index (χ3n) is 13.5. The van der Waals surface area contributed by atoms with Crippen LogP contribution in [0.3, 0.4) is 0 Å². The average molecular weight is 427 g/mol. The summed E-state index contributed by atoms with van der Waals surface area (Å²) in [6.45, 7) is 22.3. The maximum atomic E-state index is 10.9. The van der Waals surface area contributed by atoms with E-state index in [1.54, 1.807) is 0 Å². The third kappa shape index (κ3) is 2.65. The van der Waals surface area contributed by atoms with Gasteiger partial charge in [-0.05, 0) is 128 Å². The van der Waals surface area contributed by atoms with Gasteiger partial charge in [-0.1, -0.05) is 53.7 Å². The summed E-state index contributed by atoms with van der Waals surface area (Å²) in [5.41, 5.74) is 3.38. The van der Waals surface area contributed by atoms with E-state index in [1.165, 1.54) is 63.4 Å². The smallest absolute Gasteiger partial charge is 0.0594 e. The summed E-state index contributed by atoms with van der Waals surface area (Å²) < 4.78 is 0. The minimum atomic E-state index is -0.118. The maximum absolute atomic E-state index is 10.9. The van der Waals surface area contributed by atoms with E-state index in [9.17, 15) is 5.11 Å². The van der Waals surface area contributed by atoms with Crippen LogP contribution in [0.4, 0.5) is 0 Å². The Morgan fingerprint density at radius 2 is 1.45 bits per heavy atom. The summed E-state index contributed by atoms with van der Waals surface area (Å²) in [6.07, 6.45) is 13.4. The van der Waals surface area contributed by atoms with Gasteiger partial charge in [0, 0.05) is 0 Å². The summed E-state index contributed by atoms with van der Waals surface area (Å²) >= 11 is 0. The highest BCUT2D eigenvalue weighted by Gasteiger charge is 2.70. The van der Waals surface area contributed by atoms with Crippen molar-refractivity contribution in [2.24, 2.45) is 56.7 Å². The Kier molecular flexibility index (Phi) is 4.82. The van der Waals surface area contributed by atoms with Crippen LogP contribution >= 0.6 is 0 Å². The Hall–Kier alpha value is -0.300. The van der Waals surface area contributed by atoms with Gasteiger partial charge in [-0.25, -0.2) is 0 Å². The van der Waals surface area contributed by atoms with Gasteiger partial charge < -0.3 is 5.11 Å². The molecule has 5 rings (SSSR count). The normalized spacial score (nSPS) is 57.9. The molecule has 10 atom stereocenters. The van der Waals surface area contributed by atoms with Crippen molar-refractivity contribution >= 4 is 0 Å². The van der Waals surface area contributed by atoms with Gasteiger partial charge in [-0.15, -0.1) is 0 Å².